The van der Waals surface area contributed by atoms with Crippen molar-refractivity contribution in [1.82, 2.24) is 15.3 Å². The summed E-state index contributed by atoms with van der Waals surface area (Å²) in [7, 11) is 0. The molecule has 0 bridgehead atoms. The Morgan fingerprint density at radius 2 is 2.00 bits per heavy atom. The normalized spacial score (nSPS) is 11.5. The number of alkyl halides is 2. The Kier molecular flexibility index (Phi) is 6.56. The van der Waals surface area contributed by atoms with Crippen LogP contribution in [0.3, 0.4) is 0 Å². The van der Waals surface area contributed by atoms with Gasteiger partial charge in [0.05, 0.1) is 12.1 Å². The highest BCUT2D eigenvalue weighted by Gasteiger charge is 2.18. The van der Waals surface area contributed by atoms with E-state index in [1.165, 1.54) is 18.5 Å². The van der Waals surface area contributed by atoms with Crippen LogP contribution in [0.2, 0.25) is 0 Å². The molecule has 0 saturated carbocycles. The topological polar surface area (TPSA) is 105 Å². The van der Waals surface area contributed by atoms with Crippen LogP contribution in [0.5, 0.6) is 0 Å². The number of aromatic nitrogens is 2. The van der Waals surface area contributed by atoms with Crippen molar-refractivity contribution >= 4 is 12.0 Å². The molecule has 0 aliphatic rings. The number of nitrogens with one attached hydrogen (secondary N) is 2. The fourth-order valence-electron chi connectivity index (χ4n) is 2.08. The number of carbonyl (C=O) groups is 1. The highest BCUT2D eigenvalue weighted by atomic mass is 19.3. The number of nitrogens with zero attached hydrogens (tertiary/aromatic N) is 2. The lowest BCUT2D eigenvalue weighted by molar-refractivity contribution is 0.103. The molecule has 6 nitrogen and oxygen atoms in total. The van der Waals surface area contributed by atoms with Gasteiger partial charge in [0, 0.05) is 48.0 Å². The quantitative estimate of drug-likeness (QED) is 0.379. The van der Waals surface area contributed by atoms with Gasteiger partial charge in [0.2, 0.25) is 0 Å². The lowest BCUT2D eigenvalue weighted by atomic mass is 9.98. The number of hydrogen-bond donors (Lipinski definition) is 3. The van der Waals surface area contributed by atoms with E-state index in [0.29, 0.717) is 11.8 Å². The number of rotatable bonds is 8. The number of carbonyl (C=O) groups excluding carboxylic acids is 1. The van der Waals surface area contributed by atoms with E-state index >= 15 is 0 Å². The lowest BCUT2D eigenvalue weighted by Gasteiger charge is -2.09. The molecule has 26 heavy (non-hydrogen) atoms. The molecule has 136 valence electrons. The maximum Gasteiger partial charge on any atom is 0.255 e. The Bertz CT molecular complexity index is 822. The third-order valence-corrected chi connectivity index (χ3v) is 3.36. The van der Waals surface area contributed by atoms with Crippen molar-refractivity contribution in [2.75, 3.05) is 6.54 Å². The molecule has 0 radical (unpaired) electrons. The molecule has 2 rings (SSSR count). The molecule has 0 amide bonds. The largest absolute Gasteiger partial charge is 0.385 e. The Balaban J connectivity index is 2.41. The van der Waals surface area contributed by atoms with Gasteiger partial charge in [0.15, 0.2) is 11.6 Å². The molecular formula is C17H16F3N5O. The van der Waals surface area contributed by atoms with Crippen LogP contribution in [0, 0.1) is 11.2 Å². The first-order valence-electron chi connectivity index (χ1n) is 7.54. The average molecular weight is 363 g/mol. The lowest BCUT2D eigenvalue weighted by Crippen LogP contribution is -2.18. The van der Waals surface area contributed by atoms with Gasteiger partial charge in [-0.25, -0.2) is 23.1 Å². The summed E-state index contributed by atoms with van der Waals surface area (Å²) in [6, 6.07) is 3.48. The summed E-state index contributed by atoms with van der Waals surface area (Å²) in [4.78, 5) is 20.8. The number of Topliss-reactive ketones (excluding diaryl/α,β-unsaturated/α-hetero) is 1. The van der Waals surface area contributed by atoms with Crippen LogP contribution in [-0.2, 0) is 6.54 Å². The number of benzene rings is 1. The highest BCUT2D eigenvalue weighted by Crippen LogP contribution is 2.23. The molecule has 0 saturated heterocycles. The van der Waals surface area contributed by atoms with Crippen LogP contribution in [0.4, 0.5) is 13.2 Å². The van der Waals surface area contributed by atoms with Gasteiger partial charge >= 0.3 is 0 Å². The van der Waals surface area contributed by atoms with Gasteiger partial charge in [-0.3, -0.25) is 4.79 Å². The molecule has 0 unspecified atom stereocenters. The molecule has 0 aliphatic heterocycles. The van der Waals surface area contributed by atoms with Gasteiger partial charge in [-0.15, -0.1) is 0 Å². The van der Waals surface area contributed by atoms with Crippen molar-refractivity contribution in [3.63, 3.8) is 0 Å². The van der Waals surface area contributed by atoms with Crippen molar-refractivity contribution in [3.05, 3.63) is 59.3 Å². The zero-order valence-corrected chi connectivity index (χ0v) is 13.5. The summed E-state index contributed by atoms with van der Waals surface area (Å²) in [5.74, 6) is -1.21. The monoisotopic (exact) mass is 363 g/mol. The van der Waals surface area contributed by atoms with Gasteiger partial charge in [-0.2, -0.15) is 0 Å². The Hall–Kier alpha value is -3.07. The minimum absolute atomic E-state index is 0.0842. The van der Waals surface area contributed by atoms with Crippen molar-refractivity contribution in [3.8, 4) is 11.4 Å². The van der Waals surface area contributed by atoms with Gasteiger partial charge in [-0.1, -0.05) is 0 Å². The third-order valence-electron chi connectivity index (χ3n) is 3.36. The van der Waals surface area contributed by atoms with Gasteiger partial charge < -0.3 is 16.5 Å². The Morgan fingerprint density at radius 1 is 1.31 bits per heavy atom. The summed E-state index contributed by atoms with van der Waals surface area (Å²) in [6.07, 6.45) is 2.05. The van der Waals surface area contributed by atoms with E-state index in [2.05, 4.69) is 15.3 Å². The van der Waals surface area contributed by atoms with Gasteiger partial charge in [-0.05, 0) is 18.2 Å². The van der Waals surface area contributed by atoms with Crippen LogP contribution in [0.15, 0.2) is 42.4 Å². The molecule has 0 atom stereocenters. The van der Waals surface area contributed by atoms with Crippen molar-refractivity contribution < 1.29 is 18.0 Å². The molecule has 9 heteroatoms. The van der Waals surface area contributed by atoms with E-state index in [9.17, 15) is 18.0 Å². The molecule has 4 N–H and O–H groups in total. The molecule has 0 aliphatic carbocycles. The minimum atomic E-state index is -2.62. The predicted molar refractivity (Wildman–Crippen MR) is 90.5 cm³/mol. The smallest absolute Gasteiger partial charge is 0.255 e. The van der Waals surface area contributed by atoms with E-state index < -0.39 is 24.6 Å². The van der Waals surface area contributed by atoms with E-state index in [0.717, 1.165) is 18.3 Å². The van der Waals surface area contributed by atoms with Crippen molar-refractivity contribution in [1.29, 1.82) is 5.41 Å². The summed E-state index contributed by atoms with van der Waals surface area (Å²) >= 11 is 0. The second-order valence-electron chi connectivity index (χ2n) is 5.18. The minimum Gasteiger partial charge on any atom is -0.385 e. The van der Waals surface area contributed by atoms with Crippen LogP contribution in [0.25, 0.3) is 11.4 Å². The van der Waals surface area contributed by atoms with Crippen LogP contribution in [-0.4, -0.2) is 34.9 Å². The summed E-state index contributed by atoms with van der Waals surface area (Å²) < 4.78 is 38.1. The molecule has 0 fully saturated rings. The standard InChI is InChI=1S/C17H16F3N5O/c18-12-1-2-13(17-24-6-10(4-21)7-25-17)14(3-12)16(26)11(5-22)8-23-9-15(19)20/h1-3,5-8,15,22-23H,4,9,21H2/b11-8+,22-5?. The predicted octanol–water partition coefficient (Wildman–Crippen LogP) is 2.31. The highest BCUT2D eigenvalue weighted by molar-refractivity contribution is 6.22. The van der Waals surface area contributed by atoms with E-state index in [4.69, 9.17) is 11.1 Å². The second kappa shape index (κ2) is 8.86. The van der Waals surface area contributed by atoms with E-state index in [-0.39, 0.29) is 29.1 Å². The SMILES string of the molecule is N=C/C(=C\NCC(F)F)C(=O)c1cc(F)ccc1-c1ncc(CN)cn1. The first-order chi connectivity index (χ1) is 12.5. The number of allylic oxidation sites excluding steroid dienone is 1. The Morgan fingerprint density at radius 3 is 2.58 bits per heavy atom. The molecule has 2 aromatic rings. The number of ketones is 1. The van der Waals surface area contributed by atoms with Crippen molar-refractivity contribution in [2.45, 2.75) is 13.0 Å². The summed E-state index contributed by atoms with van der Waals surface area (Å²) in [5, 5.41) is 9.58. The number of nitrogens with two attached hydrogens (primary N) is 1. The fraction of sp³-hybridized carbons (Fsp3) is 0.176. The summed E-state index contributed by atoms with van der Waals surface area (Å²) in [5.41, 5.74) is 6.12. The molecule has 0 spiro atoms. The second-order valence-corrected chi connectivity index (χ2v) is 5.18. The summed E-state index contributed by atoms with van der Waals surface area (Å²) in [6.45, 7) is -0.434. The molecular weight excluding hydrogens is 347 g/mol. The number of halogens is 3. The molecule has 1 heterocycles. The van der Waals surface area contributed by atoms with Crippen LogP contribution < -0.4 is 11.1 Å². The maximum absolute atomic E-state index is 13.7. The Labute approximate surface area is 147 Å². The zero-order valence-electron chi connectivity index (χ0n) is 13.5. The fourth-order valence-corrected chi connectivity index (χ4v) is 2.08. The van der Waals surface area contributed by atoms with Crippen molar-refractivity contribution in [2.24, 2.45) is 5.73 Å². The van der Waals surface area contributed by atoms with Gasteiger partial charge in [0.25, 0.3) is 6.43 Å². The van der Waals surface area contributed by atoms with Crippen LogP contribution >= 0.6 is 0 Å². The van der Waals surface area contributed by atoms with Crippen LogP contribution in [0.1, 0.15) is 15.9 Å². The van der Waals surface area contributed by atoms with E-state index in [1.807, 2.05) is 0 Å². The zero-order chi connectivity index (χ0) is 19.1. The molecule has 1 aromatic carbocycles. The average Bonchev–Trinajstić information content (AvgIpc) is 2.64. The van der Waals surface area contributed by atoms with Gasteiger partial charge in [0.1, 0.15) is 5.82 Å². The number of hydrogen-bond acceptors (Lipinski definition) is 6. The first kappa shape index (κ1) is 19.3. The van der Waals surface area contributed by atoms with E-state index in [1.54, 1.807) is 0 Å². The third kappa shape index (κ3) is 4.73. The molecule has 1 aromatic heterocycles. The first-order valence-corrected chi connectivity index (χ1v) is 7.54. The maximum atomic E-state index is 13.7.